The lowest BCUT2D eigenvalue weighted by atomic mass is 10.1. The molecular formula is C11H24N4. The summed E-state index contributed by atoms with van der Waals surface area (Å²) in [6.45, 7) is 7.09. The maximum atomic E-state index is 3.69. The van der Waals surface area contributed by atoms with Gasteiger partial charge in [-0.1, -0.05) is 0 Å². The van der Waals surface area contributed by atoms with Crippen molar-refractivity contribution in [1.82, 2.24) is 20.7 Å². The van der Waals surface area contributed by atoms with Crippen LogP contribution in [0, 0.1) is 0 Å². The van der Waals surface area contributed by atoms with Crippen molar-refractivity contribution in [1.29, 1.82) is 0 Å². The molecule has 0 aromatic rings. The van der Waals surface area contributed by atoms with Crippen LogP contribution >= 0.6 is 0 Å². The molecule has 2 aliphatic heterocycles. The summed E-state index contributed by atoms with van der Waals surface area (Å²) in [4.78, 5) is 2.40. The standard InChI is InChI=1S/C11H24N4/c1-14-7-9-15(10-8-14)13-11-3-2-5-12-6-4-11/h11-13H,2-10H2,1H3. The van der Waals surface area contributed by atoms with E-state index in [-0.39, 0.29) is 0 Å². The van der Waals surface area contributed by atoms with Gasteiger partial charge in [-0.25, -0.2) is 5.01 Å². The maximum absolute atomic E-state index is 3.69. The van der Waals surface area contributed by atoms with Crippen LogP contribution in [0.25, 0.3) is 0 Å². The van der Waals surface area contributed by atoms with Crippen LogP contribution in [0.5, 0.6) is 0 Å². The summed E-state index contributed by atoms with van der Waals surface area (Å²) in [7, 11) is 2.20. The van der Waals surface area contributed by atoms with Crippen molar-refractivity contribution in [3.63, 3.8) is 0 Å². The average molecular weight is 212 g/mol. The molecule has 0 aromatic heterocycles. The molecule has 1 atom stereocenters. The third kappa shape index (κ3) is 3.72. The van der Waals surface area contributed by atoms with Crippen LogP contribution in [0.3, 0.4) is 0 Å². The molecule has 0 spiro atoms. The number of hydrogen-bond donors (Lipinski definition) is 2. The molecule has 0 amide bonds. The Balaban J connectivity index is 1.70. The van der Waals surface area contributed by atoms with Crippen molar-refractivity contribution < 1.29 is 0 Å². The molecular weight excluding hydrogens is 188 g/mol. The molecule has 2 saturated heterocycles. The highest BCUT2D eigenvalue weighted by Gasteiger charge is 2.18. The Bertz CT molecular complexity index is 169. The first-order chi connectivity index (χ1) is 7.34. The van der Waals surface area contributed by atoms with Crippen molar-refractivity contribution in [3.05, 3.63) is 0 Å². The van der Waals surface area contributed by atoms with E-state index in [0.29, 0.717) is 6.04 Å². The number of likely N-dealkylation sites (N-methyl/N-ethyl adjacent to an activating group) is 1. The molecule has 0 bridgehead atoms. The van der Waals surface area contributed by atoms with E-state index in [1.165, 1.54) is 58.5 Å². The van der Waals surface area contributed by atoms with Gasteiger partial charge in [0.1, 0.15) is 0 Å². The van der Waals surface area contributed by atoms with Gasteiger partial charge in [0.25, 0.3) is 0 Å². The molecule has 2 fully saturated rings. The quantitative estimate of drug-likeness (QED) is 0.668. The molecule has 2 aliphatic rings. The van der Waals surface area contributed by atoms with Crippen molar-refractivity contribution in [2.75, 3.05) is 46.3 Å². The Kier molecular flexibility index (Phi) is 4.38. The predicted octanol–water partition coefficient (Wildman–Crippen LogP) is -0.119. The largest absolute Gasteiger partial charge is 0.317 e. The highest BCUT2D eigenvalue weighted by atomic mass is 15.5. The normalized spacial score (nSPS) is 31.4. The van der Waals surface area contributed by atoms with Gasteiger partial charge in [0.2, 0.25) is 0 Å². The molecule has 4 heteroatoms. The number of hydrazine groups is 1. The minimum absolute atomic E-state index is 0.698. The van der Waals surface area contributed by atoms with E-state index >= 15 is 0 Å². The highest BCUT2D eigenvalue weighted by molar-refractivity contribution is 4.74. The van der Waals surface area contributed by atoms with Crippen molar-refractivity contribution in [3.8, 4) is 0 Å². The Morgan fingerprint density at radius 3 is 2.67 bits per heavy atom. The highest BCUT2D eigenvalue weighted by Crippen LogP contribution is 2.06. The molecule has 0 radical (unpaired) electrons. The van der Waals surface area contributed by atoms with Gasteiger partial charge in [-0.15, -0.1) is 0 Å². The van der Waals surface area contributed by atoms with Gasteiger partial charge in [0, 0.05) is 32.2 Å². The zero-order chi connectivity index (χ0) is 10.5. The molecule has 1 unspecified atom stereocenters. The Hall–Kier alpha value is -0.160. The van der Waals surface area contributed by atoms with E-state index in [9.17, 15) is 0 Å². The molecule has 2 heterocycles. The molecule has 4 nitrogen and oxygen atoms in total. The smallest absolute Gasteiger partial charge is 0.0259 e. The molecule has 0 aromatic carbocycles. The molecule has 15 heavy (non-hydrogen) atoms. The van der Waals surface area contributed by atoms with E-state index in [1.54, 1.807) is 0 Å². The number of hydrogen-bond acceptors (Lipinski definition) is 4. The van der Waals surface area contributed by atoms with E-state index in [2.05, 4.69) is 27.7 Å². The third-order valence-corrected chi connectivity index (χ3v) is 3.44. The van der Waals surface area contributed by atoms with Gasteiger partial charge in [-0.3, -0.25) is 5.43 Å². The average Bonchev–Trinajstić information content (AvgIpc) is 2.50. The topological polar surface area (TPSA) is 30.5 Å². The van der Waals surface area contributed by atoms with Crippen LogP contribution in [-0.4, -0.2) is 62.3 Å². The van der Waals surface area contributed by atoms with Crippen LogP contribution in [0.15, 0.2) is 0 Å². The number of rotatable bonds is 2. The molecule has 88 valence electrons. The summed E-state index contributed by atoms with van der Waals surface area (Å²) >= 11 is 0. The van der Waals surface area contributed by atoms with Gasteiger partial charge < -0.3 is 10.2 Å². The monoisotopic (exact) mass is 212 g/mol. The lowest BCUT2D eigenvalue weighted by Crippen LogP contribution is -2.53. The van der Waals surface area contributed by atoms with Gasteiger partial charge in [-0.05, 0) is 39.4 Å². The summed E-state index contributed by atoms with van der Waals surface area (Å²) in [5, 5.41) is 5.87. The fourth-order valence-electron chi connectivity index (χ4n) is 2.34. The first-order valence-electron chi connectivity index (χ1n) is 6.25. The van der Waals surface area contributed by atoms with E-state index in [1.807, 2.05) is 0 Å². The maximum Gasteiger partial charge on any atom is 0.0259 e. The predicted molar refractivity (Wildman–Crippen MR) is 62.7 cm³/mol. The zero-order valence-corrected chi connectivity index (χ0v) is 9.84. The van der Waals surface area contributed by atoms with Gasteiger partial charge in [-0.2, -0.15) is 0 Å². The van der Waals surface area contributed by atoms with Crippen molar-refractivity contribution in [2.45, 2.75) is 25.3 Å². The molecule has 2 rings (SSSR count). The fourth-order valence-corrected chi connectivity index (χ4v) is 2.34. The second kappa shape index (κ2) is 5.80. The lowest BCUT2D eigenvalue weighted by molar-refractivity contribution is 0.0840. The molecule has 2 N–H and O–H groups in total. The summed E-state index contributed by atoms with van der Waals surface area (Å²) in [6.07, 6.45) is 3.90. The third-order valence-electron chi connectivity index (χ3n) is 3.44. The minimum Gasteiger partial charge on any atom is -0.317 e. The van der Waals surface area contributed by atoms with E-state index in [4.69, 9.17) is 0 Å². The van der Waals surface area contributed by atoms with Gasteiger partial charge in [0.05, 0.1) is 0 Å². The summed E-state index contributed by atoms with van der Waals surface area (Å²) in [6, 6.07) is 0.698. The molecule has 0 aliphatic carbocycles. The first kappa shape index (κ1) is 11.3. The van der Waals surface area contributed by atoms with E-state index < -0.39 is 0 Å². The first-order valence-corrected chi connectivity index (χ1v) is 6.25. The van der Waals surface area contributed by atoms with Gasteiger partial charge in [0.15, 0.2) is 0 Å². The Morgan fingerprint density at radius 2 is 1.87 bits per heavy atom. The van der Waals surface area contributed by atoms with E-state index in [0.717, 1.165) is 0 Å². The Morgan fingerprint density at radius 1 is 1.07 bits per heavy atom. The number of nitrogens with zero attached hydrogens (tertiary/aromatic N) is 2. The van der Waals surface area contributed by atoms with Crippen LogP contribution in [-0.2, 0) is 0 Å². The Labute approximate surface area is 93.0 Å². The van der Waals surface area contributed by atoms with Crippen LogP contribution in [0.4, 0.5) is 0 Å². The van der Waals surface area contributed by atoms with Crippen LogP contribution in [0.2, 0.25) is 0 Å². The minimum atomic E-state index is 0.698. The number of piperazine rings is 1. The zero-order valence-electron chi connectivity index (χ0n) is 9.84. The number of nitrogens with one attached hydrogen (secondary N) is 2. The van der Waals surface area contributed by atoms with Crippen LogP contribution in [0.1, 0.15) is 19.3 Å². The summed E-state index contributed by atoms with van der Waals surface area (Å²) < 4.78 is 0. The van der Waals surface area contributed by atoms with Crippen LogP contribution < -0.4 is 10.7 Å². The fraction of sp³-hybridized carbons (Fsp3) is 1.00. The van der Waals surface area contributed by atoms with Crippen molar-refractivity contribution in [2.24, 2.45) is 0 Å². The second-order valence-corrected chi connectivity index (χ2v) is 4.80. The lowest BCUT2D eigenvalue weighted by Gasteiger charge is -2.35. The van der Waals surface area contributed by atoms with Gasteiger partial charge >= 0.3 is 0 Å². The second-order valence-electron chi connectivity index (χ2n) is 4.80. The summed E-state index contributed by atoms with van der Waals surface area (Å²) in [5.41, 5.74) is 3.69. The molecule has 0 saturated carbocycles. The summed E-state index contributed by atoms with van der Waals surface area (Å²) in [5.74, 6) is 0. The SMILES string of the molecule is CN1CCN(NC2CCCNCC2)CC1. The van der Waals surface area contributed by atoms with Crippen molar-refractivity contribution >= 4 is 0 Å².